The van der Waals surface area contributed by atoms with Crippen LogP contribution in [0.3, 0.4) is 0 Å². The van der Waals surface area contributed by atoms with Gasteiger partial charge in [0.25, 0.3) is 0 Å². The van der Waals surface area contributed by atoms with Gasteiger partial charge in [0.2, 0.25) is 0 Å². The van der Waals surface area contributed by atoms with Gasteiger partial charge in [0.1, 0.15) is 0 Å². The number of piperidine rings is 1. The highest BCUT2D eigenvalue weighted by atomic mass is 15.1. The molecule has 0 aromatic heterocycles. The summed E-state index contributed by atoms with van der Waals surface area (Å²) in [5.74, 6) is 0.791. The minimum absolute atomic E-state index is 0.546. The predicted molar refractivity (Wildman–Crippen MR) is 91.9 cm³/mol. The van der Waals surface area contributed by atoms with Crippen molar-refractivity contribution < 1.29 is 0 Å². The van der Waals surface area contributed by atoms with Crippen molar-refractivity contribution in [1.82, 2.24) is 4.90 Å². The summed E-state index contributed by atoms with van der Waals surface area (Å²) in [6.07, 6.45) is 2.63. The third-order valence-electron chi connectivity index (χ3n) is 4.93. The van der Waals surface area contributed by atoms with Crippen molar-refractivity contribution in [2.45, 2.75) is 32.7 Å². The van der Waals surface area contributed by atoms with E-state index >= 15 is 0 Å². The molecule has 1 fully saturated rings. The molecule has 0 radical (unpaired) electrons. The molecule has 1 aliphatic heterocycles. The molecule has 1 aliphatic rings. The standard InChI is InChI=1S/C19H26N2/c1-3-21-12-10-16(11-13-21)15(2)20-19-9-8-17-6-4-5-7-18(17)14-19/h4-9,14-16,20H,3,10-13H2,1-2H3. The van der Waals surface area contributed by atoms with E-state index in [1.165, 1.54) is 48.9 Å². The van der Waals surface area contributed by atoms with Crippen LogP contribution >= 0.6 is 0 Å². The molecule has 1 unspecified atom stereocenters. The molecule has 3 rings (SSSR count). The summed E-state index contributed by atoms with van der Waals surface area (Å²) in [5, 5.41) is 6.35. The third kappa shape index (κ3) is 3.38. The summed E-state index contributed by atoms with van der Waals surface area (Å²) in [4.78, 5) is 2.55. The first-order chi connectivity index (χ1) is 10.3. The molecule has 1 N–H and O–H groups in total. The molecular weight excluding hydrogens is 256 g/mol. The van der Waals surface area contributed by atoms with Gasteiger partial charge in [-0.05, 0) is 68.2 Å². The van der Waals surface area contributed by atoms with Crippen LogP contribution < -0.4 is 5.32 Å². The number of likely N-dealkylation sites (tertiary alicyclic amines) is 1. The Morgan fingerprint density at radius 3 is 2.52 bits per heavy atom. The molecule has 2 aromatic carbocycles. The maximum absolute atomic E-state index is 3.72. The maximum atomic E-state index is 3.72. The fraction of sp³-hybridized carbons (Fsp3) is 0.474. The molecule has 0 spiro atoms. The summed E-state index contributed by atoms with van der Waals surface area (Å²) in [6.45, 7) is 8.30. The zero-order valence-electron chi connectivity index (χ0n) is 13.2. The first-order valence-electron chi connectivity index (χ1n) is 8.24. The molecule has 0 aliphatic carbocycles. The zero-order chi connectivity index (χ0) is 14.7. The smallest absolute Gasteiger partial charge is 0.0348 e. The van der Waals surface area contributed by atoms with Crippen LogP contribution in [0.25, 0.3) is 10.8 Å². The van der Waals surface area contributed by atoms with Gasteiger partial charge in [-0.3, -0.25) is 0 Å². The number of benzene rings is 2. The van der Waals surface area contributed by atoms with Crippen molar-refractivity contribution >= 4 is 16.5 Å². The first kappa shape index (κ1) is 14.4. The molecule has 1 atom stereocenters. The SMILES string of the molecule is CCN1CCC(C(C)Nc2ccc3ccccc3c2)CC1. The van der Waals surface area contributed by atoms with Crippen LogP contribution in [0.1, 0.15) is 26.7 Å². The molecule has 112 valence electrons. The highest BCUT2D eigenvalue weighted by molar-refractivity contribution is 5.85. The van der Waals surface area contributed by atoms with Crippen molar-refractivity contribution in [3.8, 4) is 0 Å². The molecule has 2 nitrogen and oxygen atoms in total. The van der Waals surface area contributed by atoms with E-state index in [1.807, 2.05) is 0 Å². The molecule has 1 heterocycles. The van der Waals surface area contributed by atoms with Crippen LogP contribution in [0, 0.1) is 5.92 Å². The topological polar surface area (TPSA) is 15.3 Å². The van der Waals surface area contributed by atoms with E-state index in [4.69, 9.17) is 0 Å². The van der Waals surface area contributed by atoms with Gasteiger partial charge >= 0.3 is 0 Å². The Balaban J connectivity index is 1.64. The van der Waals surface area contributed by atoms with E-state index in [-0.39, 0.29) is 0 Å². The van der Waals surface area contributed by atoms with Crippen molar-refractivity contribution in [1.29, 1.82) is 0 Å². The fourth-order valence-electron chi connectivity index (χ4n) is 3.43. The summed E-state index contributed by atoms with van der Waals surface area (Å²) in [5.41, 5.74) is 1.25. The first-order valence-corrected chi connectivity index (χ1v) is 8.24. The summed E-state index contributed by atoms with van der Waals surface area (Å²) in [6, 6.07) is 15.8. The number of hydrogen-bond acceptors (Lipinski definition) is 2. The minimum atomic E-state index is 0.546. The lowest BCUT2D eigenvalue weighted by molar-refractivity contribution is 0.183. The van der Waals surface area contributed by atoms with Crippen LogP contribution in [-0.4, -0.2) is 30.6 Å². The number of fused-ring (bicyclic) bond motifs is 1. The van der Waals surface area contributed by atoms with Gasteiger partial charge in [0, 0.05) is 11.7 Å². The van der Waals surface area contributed by atoms with E-state index in [2.05, 4.69) is 66.5 Å². The van der Waals surface area contributed by atoms with Crippen LogP contribution in [-0.2, 0) is 0 Å². The van der Waals surface area contributed by atoms with Crippen molar-refractivity contribution in [3.63, 3.8) is 0 Å². The lowest BCUT2D eigenvalue weighted by atomic mass is 9.90. The molecule has 0 bridgehead atoms. The van der Waals surface area contributed by atoms with Gasteiger partial charge in [0.15, 0.2) is 0 Å². The second-order valence-corrected chi connectivity index (χ2v) is 6.27. The minimum Gasteiger partial charge on any atom is -0.382 e. The van der Waals surface area contributed by atoms with E-state index in [0.29, 0.717) is 6.04 Å². The average Bonchev–Trinajstić information content (AvgIpc) is 2.55. The molecule has 1 saturated heterocycles. The highest BCUT2D eigenvalue weighted by Crippen LogP contribution is 2.25. The van der Waals surface area contributed by atoms with Crippen LogP contribution in [0.2, 0.25) is 0 Å². The van der Waals surface area contributed by atoms with E-state index in [0.717, 1.165) is 5.92 Å². The molecule has 0 amide bonds. The molecule has 2 aromatic rings. The van der Waals surface area contributed by atoms with Crippen molar-refractivity contribution in [2.24, 2.45) is 5.92 Å². The van der Waals surface area contributed by atoms with Gasteiger partial charge in [-0.2, -0.15) is 0 Å². The van der Waals surface area contributed by atoms with Crippen LogP contribution in [0.15, 0.2) is 42.5 Å². The summed E-state index contributed by atoms with van der Waals surface area (Å²) in [7, 11) is 0. The molecule has 2 heteroatoms. The number of rotatable bonds is 4. The fourth-order valence-corrected chi connectivity index (χ4v) is 3.43. The number of anilines is 1. The average molecular weight is 282 g/mol. The maximum Gasteiger partial charge on any atom is 0.0348 e. The molecule has 0 saturated carbocycles. The van der Waals surface area contributed by atoms with Gasteiger partial charge < -0.3 is 10.2 Å². The van der Waals surface area contributed by atoms with Crippen LogP contribution in [0.4, 0.5) is 5.69 Å². The zero-order valence-corrected chi connectivity index (χ0v) is 13.2. The van der Waals surface area contributed by atoms with Crippen molar-refractivity contribution in [3.05, 3.63) is 42.5 Å². The third-order valence-corrected chi connectivity index (χ3v) is 4.93. The van der Waals surface area contributed by atoms with Gasteiger partial charge in [-0.25, -0.2) is 0 Å². The summed E-state index contributed by atoms with van der Waals surface area (Å²) >= 11 is 0. The predicted octanol–water partition coefficient (Wildman–Crippen LogP) is 4.37. The molecule has 21 heavy (non-hydrogen) atoms. The monoisotopic (exact) mass is 282 g/mol. The Kier molecular flexibility index (Phi) is 4.45. The van der Waals surface area contributed by atoms with Crippen LogP contribution in [0.5, 0.6) is 0 Å². The second-order valence-electron chi connectivity index (χ2n) is 6.27. The normalized spacial score (nSPS) is 18.8. The van der Waals surface area contributed by atoms with Crippen molar-refractivity contribution in [2.75, 3.05) is 25.0 Å². The number of nitrogens with one attached hydrogen (secondary N) is 1. The van der Waals surface area contributed by atoms with E-state index < -0.39 is 0 Å². The quantitative estimate of drug-likeness (QED) is 0.895. The van der Waals surface area contributed by atoms with Gasteiger partial charge in [-0.15, -0.1) is 0 Å². The molecular formula is C19H26N2. The van der Waals surface area contributed by atoms with E-state index in [1.54, 1.807) is 0 Å². The Labute approximate surface area is 128 Å². The lowest BCUT2D eigenvalue weighted by Crippen LogP contribution is -2.39. The van der Waals surface area contributed by atoms with Gasteiger partial charge in [0.05, 0.1) is 0 Å². The Morgan fingerprint density at radius 1 is 1.10 bits per heavy atom. The van der Waals surface area contributed by atoms with Gasteiger partial charge in [-0.1, -0.05) is 37.3 Å². The highest BCUT2D eigenvalue weighted by Gasteiger charge is 2.22. The summed E-state index contributed by atoms with van der Waals surface area (Å²) < 4.78 is 0. The second kappa shape index (κ2) is 6.48. The Morgan fingerprint density at radius 2 is 1.81 bits per heavy atom. The Bertz CT molecular complexity index is 585. The van der Waals surface area contributed by atoms with E-state index in [9.17, 15) is 0 Å². The Hall–Kier alpha value is -1.54. The number of hydrogen-bond donors (Lipinski definition) is 1. The lowest BCUT2D eigenvalue weighted by Gasteiger charge is -2.34. The largest absolute Gasteiger partial charge is 0.382 e. The number of nitrogens with zero attached hydrogens (tertiary/aromatic N) is 1.